The van der Waals surface area contributed by atoms with E-state index in [0.717, 1.165) is 87.3 Å². The van der Waals surface area contributed by atoms with Gasteiger partial charge < -0.3 is 24.6 Å². The Morgan fingerprint density at radius 1 is 0.721 bits per heavy atom. The maximum absolute atomic E-state index is 13.8. The molecule has 2 amide bonds. The standard InChI is InChI=1S/C22H23FN6O.C13H17ClN4O.C9H7FN2/c1-3-22-9-4-5-11-29(22)19-17(27(2)20(22)30)14-25-21(26-19)28-12-10-24-18(28)15-7-6-8-16(23)13-15;1-3-13-6-4-5-7-18(13)10-9(17(2)11(13)19)8-15-12(14)16-10;10-8-3-1-2-7(6-8)9-11-4-5-12-9/h6-8,10,12-14H,3-5,9,11H2,1-2H3;8H,3-7H2,1-2H3;1-6H,(H,11,12). The van der Waals surface area contributed by atoms with Crippen LogP contribution in [0.4, 0.5) is 31.8 Å². The molecule has 0 radical (unpaired) electrons. The molecule has 8 heterocycles. The molecule has 4 aliphatic rings. The van der Waals surface area contributed by atoms with E-state index in [1.165, 1.54) is 24.3 Å². The number of likely N-dealkylation sites (N-methyl/N-ethyl adjacent to an activating group) is 2. The highest BCUT2D eigenvalue weighted by Gasteiger charge is 2.52. The van der Waals surface area contributed by atoms with E-state index in [4.69, 9.17) is 16.6 Å². The molecule has 2 saturated heterocycles. The zero-order valence-corrected chi connectivity index (χ0v) is 35.3. The van der Waals surface area contributed by atoms with Crippen molar-refractivity contribution in [3.8, 4) is 28.7 Å². The number of hydrogen-bond acceptors (Lipinski definition) is 10. The number of benzene rings is 2. The molecule has 61 heavy (non-hydrogen) atoms. The fourth-order valence-electron chi connectivity index (χ4n) is 9.07. The Hall–Kier alpha value is -6.29. The molecule has 2 aromatic carbocycles. The Kier molecular flexibility index (Phi) is 11.5. The molecule has 17 heteroatoms. The van der Waals surface area contributed by atoms with Crippen LogP contribution in [0.15, 0.2) is 85.7 Å². The summed E-state index contributed by atoms with van der Waals surface area (Å²) in [6, 6.07) is 12.6. The van der Waals surface area contributed by atoms with Gasteiger partial charge in [-0.3, -0.25) is 14.2 Å². The average Bonchev–Trinajstić information content (AvgIpc) is 4.02. The third-order valence-electron chi connectivity index (χ3n) is 12.3. The van der Waals surface area contributed by atoms with E-state index >= 15 is 0 Å². The number of aromatic nitrogens is 8. The van der Waals surface area contributed by atoms with Gasteiger partial charge in [0, 0.05) is 63.1 Å². The molecule has 316 valence electrons. The number of nitrogens with one attached hydrogen (secondary N) is 1. The Morgan fingerprint density at radius 3 is 1.87 bits per heavy atom. The number of H-pyrrole nitrogens is 1. The molecule has 4 aliphatic heterocycles. The van der Waals surface area contributed by atoms with Crippen molar-refractivity contribution in [3.05, 3.63) is 103 Å². The van der Waals surface area contributed by atoms with Crippen LogP contribution >= 0.6 is 11.6 Å². The zero-order valence-electron chi connectivity index (χ0n) is 34.5. The normalized spacial score (nSPS) is 20.4. The van der Waals surface area contributed by atoms with Gasteiger partial charge in [-0.2, -0.15) is 9.97 Å². The lowest BCUT2D eigenvalue weighted by Crippen LogP contribution is -2.64. The van der Waals surface area contributed by atoms with Crippen LogP contribution in [0.3, 0.4) is 0 Å². The number of halogens is 3. The maximum atomic E-state index is 13.8. The fourth-order valence-corrected chi connectivity index (χ4v) is 9.20. The molecule has 0 aliphatic carbocycles. The predicted molar refractivity (Wildman–Crippen MR) is 231 cm³/mol. The Morgan fingerprint density at radius 2 is 1.30 bits per heavy atom. The molecular weight excluding hydrogens is 802 g/mol. The van der Waals surface area contributed by atoms with E-state index < -0.39 is 11.1 Å². The molecule has 1 N–H and O–H groups in total. The number of carbonyl (C=O) groups is 2. The van der Waals surface area contributed by atoms with Gasteiger partial charge in [-0.25, -0.2) is 28.7 Å². The molecule has 2 fully saturated rings. The lowest BCUT2D eigenvalue weighted by Gasteiger charge is -2.51. The van der Waals surface area contributed by atoms with Crippen molar-refractivity contribution in [3.63, 3.8) is 0 Å². The summed E-state index contributed by atoms with van der Waals surface area (Å²) in [6.07, 6.45) is 17.5. The minimum atomic E-state index is -0.550. The summed E-state index contributed by atoms with van der Waals surface area (Å²) >= 11 is 5.93. The summed E-state index contributed by atoms with van der Waals surface area (Å²) in [5, 5.41) is 0.233. The van der Waals surface area contributed by atoms with E-state index in [2.05, 4.69) is 53.6 Å². The number of fused-ring (bicyclic) bond motifs is 6. The lowest BCUT2D eigenvalue weighted by molar-refractivity contribution is -0.125. The number of anilines is 4. The third kappa shape index (κ3) is 7.46. The number of piperidine rings is 2. The van der Waals surface area contributed by atoms with Gasteiger partial charge >= 0.3 is 0 Å². The van der Waals surface area contributed by atoms with Gasteiger partial charge in [0.25, 0.3) is 11.8 Å². The monoisotopic (exact) mass is 848 g/mol. The van der Waals surface area contributed by atoms with E-state index in [9.17, 15) is 18.4 Å². The van der Waals surface area contributed by atoms with E-state index in [1.807, 2.05) is 6.07 Å². The number of amides is 2. The largest absolute Gasteiger partial charge is 0.345 e. The summed E-state index contributed by atoms with van der Waals surface area (Å²) in [7, 11) is 3.59. The van der Waals surface area contributed by atoms with Gasteiger partial charge in [0.05, 0.1) is 12.4 Å². The van der Waals surface area contributed by atoms with Crippen LogP contribution in [0.1, 0.15) is 65.2 Å². The highest BCUT2D eigenvalue weighted by molar-refractivity contribution is 6.28. The van der Waals surface area contributed by atoms with E-state index in [-0.39, 0.29) is 28.7 Å². The quantitative estimate of drug-likeness (QED) is 0.169. The van der Waals surface area contributed by atoms with Crippen molar-refractivity contribution in [1.29, 1.82) is 0 Å². The number of imidazole rings is 2. The van der Waals surface area contributed by atoms with Crippen molar-refractivity contribution in [2.45, 2.75) is 76.3 Å². The molecule has 4 aromatic heterocycles. The maximum Gasteiger partial charge on any atom is 0.252 e. The molecule has 2 atom stereocenters. The van der Waals surface area contributed by atoms with Gasteiger partial charge in [-0.1, -0.05) is 38.1 Å². The number of nitrogens with zero attached hydrogens (tertiary/aromatic N) is 11. The topological polar surface area (TPSA) is 145 Å². The summed E-state index contributed by atoms with van der Waals surface area (Å²) in [6.45, 7) is 5.78. The number of hydrogen-bond donors (Lipinski definition) is 1. The highest BCUT2D eigenvalue weighted by atomic mass is 35.5. The number of aromatic amines is 1. The van der Waals surface area contributed by atoms with Gasteiger partial charge in [-0.05, 0) is 87.2 Å². The minimum absolute atomic E-state index is 0.108. The summed E-state index contributed by atoms with van der Waals surface area (Å²) in [4.78, 5) is 62.7. The second-order valence-corrected chi connectivity index (χ2v) is 15.9. The van der Waals surface area contributed by atoms with Gasteiger partial charge in [0.1, 0.15) is 45.7 Å². The molecule has 2 unspecified atom stereocenters. The molecule has 0 saturated carbocycles. The Labute approximate surface area is 357 Å². The van der Waals surface area contributed by atoms with E-state index in [0.29, 0.717) is 28.8 Å². The van der Waals surface area contributed by atoms with Crippen LogP contribution in [0.25, 0.3) is 28.7 Å². The molecule has 0 spiro atoms. The van der Waals surface area contributed by atoms with Crippen molar-refractivity contribution in [1.82, 2.24) is 39.5 Å². The number of rotatable bonds is 5. The Balaban J connectivity index is 0.000000141. The summed E-state index contributed by atoms with van der Waals surface area (Å²) < 4.78 is 28.2. The first kappa shape index (κ1) is 41.4. The third-order valence-corrected chi connectivity index (χ3v) is 12.5. The first-order valence-corrected chi connectivity index (χ1v) is 20.9. The van der Waals surface area contributed by atoms with Crippen LogP contribution in [-0.2, 0) is 9.59 Å². The van der Waals surface area contributed by atoms with Crippen LogP contribution < -0.4 is 19.6 Å². The first-order valence-electron chi connectivity index (χ1n) is 20.6. The van der Waals surface area contributed by atoms with Crippen LogP contribution in [0.2, 0.25) is 5.28 Å². The van der Waals surface area contributed by atoms with Crippen molar-refractivity contribution in [2.24, 2.45) is 0 Å². The summed E-state index contributed by atoms with van der Waals surface area (Å²) in [5.41, 5.74) is 1.88. The second-order valence-electron chi connectivity index (χ2n) is 15.5. The average molecular weight is 849 g/mol. The van der Waals surface area contributed by atoms with Crippen LogP contribution in [-0.4, -0.2) is 89.5 Å². The molecule has 6 aromatic rings. The van der Waals surface area contributed by atoms with Gasteiger partial charge in [0.15, 0.2) is 11.6 Å². The Bertz CT molecular complexity index is 2550. The SMILES string of the molecule is CCC12CCCCN1c1nc(-n3ccnc3-c3cccc(F)c3)ncc1N(C)C2=O.CCC12CCCCN1c1nc(Cl)ncc1N(C)C2=O.Fc1cccc(-c2ncc[nH]2)c1. The first-order chi connectivity index (χ1) is 29.5. The van der Waals surface area contributed by atoms with Crippen molar-refractivity contribution in [2.75, 3.05) is 46.8 Å². The predicted octanol–water partition coefficient (Wildman–Crippen LogP) is 8.05. The minimum Gasteiger partial charge on any atom is -0.345 e. The lowest BCUT2D eigenvalue weighted by atomic mass is 9.81. The summed E-state index contributed by atoms with van der Waals surface area (Å²) in [5.74, 6) is 2.95. The van der Waals surface area contributed by atoms with Crippen LogP contribution in [0, 0.1) is 11.6 Å². The van der Waals surface area contributed by atoms with Gasteiger partial charge in [0.2, 0.25) is 11.2 Å². The van der Waals surface area contributed by atoms with E-state index in [1.54, 1.807) is 83.8 Å². The van der Waals surface area contributed by atoms with Gasteiger partial charge in [-0.15, -0.1) is 0 Å². The molecular formula is C44H47ClF2N12O2. The fraction of sp³-hybridized carbons (Fsp3) is 0.364. The van der Waals surface area contributed by atoms with Crippen LogP contribution in [0.5, 0.6) is 0 Å². The van der Waals surface area contributed by atoms with Crippen molar-refractivity contribution < 1.29 is 18.4 Å². The smallest absolute Gasteiger partial charge is 0.252 e. The molecule has 14 nitrogen and oxygen atoms in total. The molecule has 0 bridgehead atoms. The molecule has 10 rings (SSSR count). The highest BCUT2D eigenvalue weighted by Crippen LogP contribution is 2.46. The second kappa shape index (κ2) is 17.0. The zero-order chi connectivity index (χ0) is 42.9. The number of carbonyl (C=O) groups excluding carboxylic acids is 2. The van der Waals surface area contributed by atoms with Crippen molar-refractivity contribution >= 4 is 46.4 Å².